The standard InChI is InChI=1S/C9H11Cl2N3/c1-2-14(6-3-4-6)8-5-7(10)12-9(11)13-8/h5-6H,2-4H2,1H3. The predicted molar refractivity (Wildman–Crippen MR) is 58.1 cm³/mol. The largest absolute Gasteiger partial charge is 0.354 e. The smallest absolute Gasteiger partial charge is 0.225 e. The maximum atomic E-state index is 5.81. The molecule has 1 aromatic rings. The van der Waals surface area contributed by atoms with Gasteiger partial charge in [-0.3, -0.25) is 0 Å². The van der Waals surface area contributed by atoms with Crippen LogP contribution in [0, 0.1) is 0 Å². The molecule has 0 radical (unpaired) electrons. The van der Waals surface area contributed by atoms with Crippen molar-refractivity contribution < 1.29 is 0 Å². The molecular formula is C9H11Cl2N3. The Morgan fingerprint density at radius 1 is 1.43 bits per heavy atom. The lowest BCUT2D eigenvalue weighted by Gasteiger charge is -2.21. The summed E-state index contributed by atoms with van der Waals surface area (Å²) < 4.78 is 0. The quantitative estimate of drug-likeness (QED) is 0.592. The molecule has 1 aliphatic carbocycles. The molecule has 0 N–H and O–H groups in total. The molecule has 1 saturated carbocycles. The van der Waals surface area contributed by atoms with Gasteiger partial charge in [-0.05, 0) is 31.4 Å². The van der Waals surface area contributed by atoms with Gasteiger partial charge in [0.05, 0.1) is 0 Å². The van der Waals surface area contributed by atoms with Gasteiger partial charge in [0.25, 0.3) is 0 Å². The number of rotatable bonds is 3. The van der Waals surface area contributed by atoms with Crippen LogP contribution >= 0.6 is 23.2 Å². The number of aromatic nitrogens is 2. The minimum Gasteiger partial charge on any atom is -0.354 e. The lowest BCUT2D eigenvalue weighted by atomic mass is 10.4. The molecule has 5 heteroatoms. The summed E-state index contributed by atoms with van der Waals surface area (Å²) in [6.45, 7) is 3.02. The molecule has 1 aromatic heterocycles. The van der Waals surface area contributed by atoms with Crippen molar-refractivity contribution in [1.29, 1.82) is 0 Å². The summed E-state index contributed by atoms with van der Waals surface area (Å²) in [5.74, 6) is 0.833. The van der Waals surface area contributed by atoms with E-state index in [1.54, 1.807) is 6.07 Å². The fourth-order valence-corrected chi connectivity index (χ4v) is 1.92. The van der Waals surface area contributed by atoms with Crippen LogP contribution in [0.5, 0.6) is 0 Å². The fourth-order valence-electron chi connectivity index (χ4n) is 1.52. The molecule has 14 heavy (non-hydrogen) atoms. The monoisotopic (exact) mass is 231 g/mol. The summed E-state index contributed by atoms with van der Waals surface area (Å²) in [6.07, 6.45) is 2.46. The predicted octanol–water partition coefficient (Wildman–Crippen LogP) is 2.77. The van der Waals surface area contributed by atoms with Gasteiger partial charge in [0.15, 0.2) is 0 Å². The normalized spacial score (nSPS) is 15.6. The second-order valence-electron chi connectivity index (χ2n) is 3.34. The minimum atomic E-state index is 0.214. The summed E-state index contributed by atoms with van der Waals surface area (Å²) in [4.78, 5) is 10.2. The lowest BCUT2D eigenvalue weighted by molar-refractivity contribution is 0.805. The molecular weight excluding hydrogens is 221 g/mol. The van der Waals surface area contributed by atoms with Crippen LogP contribution in [-0.2, 0) is 0 Å². The Balaban J connectivity index is 2.28. The van der Waals surface area contributed by atoms with Gasteiger partial charge in [-0.2, -0.15) is 0 Å². The van der Waals surface area contributed by atoms with E-state index in [1.807, 2.05) is 0 Å². The van der Waals surface area contributed by atoms with E-state index in [4.69, 9.17) is 23.2 Å². The van der Waals surface area contributed by atoms with E-state index in [2.05, 4.69) is 21.8 Å². The molecule has 1 heterocycles. The Labute approximate surface area is 93.1 Å². The first kappa shape index (κ1) is 9.99. The molecule has 0 spiro atoms. The second kappa shape index (κ2) is 3.91. The lowest BCUT2D eigenvalue weighted by Crippen LogP contribution is -2.26. The van der Waals surface area contributed by atoms with E-state index in [9.17, 15) is 0 Å². The maximum absolute atomic E-state index is 5.81. The van der Waals surface area contributed by atoms with Crippen molar-refractivity contribution in [2.75, 3.05) is 11.4 Å². The summed E-state index contributed by atoms with van der Waals surface area (Å²) in [6, 6.07) is 2.37. The molecule has 0 unspecified atom stereocenters. The summed E-state index contributed by atoms with van der Waals surface area (Å²) >= 11 is 11.6. The molecule has 0 saturated heterocycles. The highest BCUT2D eigenvalue weighted by atomic mass is 35.5. The number of halogens is 2. The Bertz CT molecular complexity index is 319. The average molecular weight is 232 g/mol. The molecule has 1 aliphatic rings. The van der Waals surface area contributed by atoms with Gasteiger partial charge >= 0.3 is 0 Å². The van der Waals surface area contributed by atoms with Crippen LogP contribution in [0.4, 0.5) is 5.82 Å². The van der Waals surface area contributed by atoms with Gasteiger partial charge in [0.1, 0.15) is 11.0 Å². The van der Waals surface area contributed by atoms with Crippen molar-refractivity contribution in [3.63, 3.8) is 0 Å². The van der Waals surface area contributed by atoms with Crippen LogP contribution in [0.2, 0.25) is 10.4 Å². The fraction of sp³-hybridized carbons (Fsp3) is 0.556. The van der Waals surface area contributed by atoms with Gasteiger partial charge in [0, 0.05) is 18.7 Å². The van der Waals surface area contributed by atoms with E-state index in [0.29, 0.717) is 11.2 Å². The molecule has 0 aliphatic heterocycles. The molecule has 0 atom stereocenters. The van der Waals surface area contributed by atoms with Crippen LogP contribution in [0.1, 0.15) is 19.8 Å². The van der Waals surface area contributed by atoms with E-state index < -0.39 is 0 Å². The number of hydrogen-bond donors (Lipinski definition) is 0. The van der Waals surface area contributed by atoms with Crippen molar-refractivity contribution in [2.45, 2.75) is 25.8 Å². The summed E-state index contributed by atoms with van der Waals surface area (Å²) in [7, 11) is 0. The zero-order valence-corrected chi connectivity index (χ0v) is 9.39. The summed E-state index contributed by atoms with van der Waals surface area (Å²) in [5.41, 5.74) is 0. The summed E-state index contributed by atoms with van der Waals surface area (Å²) in [5, 5.41) is 0.616. The Hall–Kier alpha value is -0.540. The van der Waals surface area contributed by atoms with Crippen molar-refractivity contribution in [1.82, 2.24) is 9.97 Å². The van der Waals surface area contributed by atoms with Crippen molar-refractivity contribution in [2.24, 2.45) is 0 Å². The molecule has 76 valence electrons. The third kappa shape index (κ3) is 2.10. The molecule has 2 rings (SSSR count). The third-order valence-electron chi connectivity index (χ3n) is 2.28. The minimum absolute atomic E-state index is 0.214. The second-order valence-corrected chi connectivity index (χ2v) is 4.06. The van der Waals surface area contributed by atoms with Gasteiger partial charge in [-0.25, -0.2) is 9.97 Å². The van der Waals surface area contributed by atoms with E-state index >= 15 is 0 Å². The van der Waals surface area contributed by atoms with E-state index in [0.717, 1.165) is 12.4 Å². The Kier molecular flexibility index (Phi) is 2.79. The SMILES string of the molecule is CCN(c1cc(Cl)nc(Cl)n1)C1CC1. The zero-order valence-electron chi connectivity index (χ0n) is 7.87. The van der Waals surface area contributed by atoms with Gasteiger partial charge in [-0.15, -0.1) is 0 Å². The Morgan fingerprint density at radius 2 is 2.14 bits per heavy atom. The first-order chi connectivity index (χ1) is 6.70. The zero-order chi connectivity index (χ0) is 10.1. The van der Waals surface area contributed by atoms with Crippen LogP contribution < -0.4 is 4.90 Å². The molecule has 0 bridgehead atoms. The highest BCUT2D eigenvalue weighted by molar-refractivity contribution is 6.32. The number of hydrogen-bond acceptors (Lipinski definition) is 3. The van der Waals surface area contributed by atoms with Gasteiger partial charge in [-0.1, -0.05) is 11.6 Å². The highest BCUT2D eigenvalue weighted by Crippen LogP contribution is 2.31. The first-order valence-corrected chi connectivity index (χ1v) is 5.43. The average Bonchev–Trinajstić information content (AvgIpc) is 2.87. The van der Waals surface area contributed by atoms with E-state index in [1.165, 1.54) is 12.8 Å². The number of nitrogens with zero attached hydrogens (tertiary/aromatic N) is 3. The molecule has 3 nitrogen and oxygen atoms in total. The molecule has 1 fully saturated rings. The topological polar surface area (TPSA) is 29.0 Å². The highest BCUT2D eigenvalue weighted by Gasteiger charge is 2.29. The van der Waals surface area contributed by atoms with Crippen LogP contribution in [0.3, 0.4) is 0 Å². The molecule has 0 amide bonds. The Morgan fingerprint density at radius 3 is 2.64 bits per heavy atom. The molecule has 0 aromatic carbocycles. The van der Waals surface area contributed by atoms with Crippen LogP contribution in [0.15, 0.2) is 6.07 Å². The number of anilines is 1. The van der Waals surface area contributed by atoms with Crippen molar-refractivity contribution in [3.05, 3.63) is 16.5 Å². The third-order valence-corrected chi connectivity index (χ3v) is 2.64. The first-order valence-electron chi connectivity index (χ1n) is 4.67. The van der Waals surface area contributed by atoms with Crippen LogP contribution in [-0.4, -0.2) is 22.6 Å². The van der Waals surface area contributed by atoms with Crippen molar-refractivity contribution in [3.8, 4) is 0 Å². The van der Waals surface area contributed by atoms with Crippen LogP contribution in [0.25, 0.3) is 0 Å². The van der Waals surface area contributed by atoms with Crippen molar-refractivity contribution >= 4 is 29.0 Å². The maximum Gasteiger partial charge on any atom is 0.225 e. The van der Waals surface area contributed by atoms with Gasteiger partial charge in [0.2, 0.25) is 5.28 Å². The van der Waals surface area contributed by atoms with Gasteiger partial charge < -0.3 is 4.90 Å². The van der Waals surface area contributed by atoms with E-state index in [-0.39, 0.29) is 5.28 Å².